The first-order valence-corrected chi connectivity index (χ1v) is 6.76. The van der Waals surface area contributed by atoms with Crippen LogP contribution in [0, 0.1) is 0 Å². The standard InChI is InChI=1S/C15H21NO3/c1-2-13(12-6-4-3-5-7-12)14(18)16-15(10-17)8-9-19-11-15/h3-7,13,17H,2,8-11H2,1H3,(H,16,18)/t13-,15-/m0/s1. The highest BCUT2D eigenvalue weighted by Crippen LogP contribution is 2.23. The minimum atomic E-state index is -0.598. The van der Waals surface area contributed by atoms with E-state index < -0.39 is 5.54 Å². The third kappa shape index (κ3) is 3.14. The van der Waals surface area contributed by atoms with E-state index >= 15 is 0 Å². The number of aliphatic hydroxyl groups excluding tert-OH is 1. The summed E-state index contributed by atoms with van der Waals surface area (Å²) in [5.41, 5.74) is 0.411. The van der Waals surface area contributed by atoms with Crippen molar-refractivity contribution in [2.75, 3.05) is 19.8 Å². The summed E-state index contributed by atoms with van der Waals surface area (Å²) < 4.78 is 5.30. The summed E-state index contributed by atoms with van der Waals surface area (Å²) in [4.78, 5) is 12.4. The number of benzene rings is 1. The van der Waals surface area contributed by atoms with Gasteiger partial charge in [-0.15, -0.1) is 0 Å². The Labute approximate surface area is 113 Å². The number of ether oxygens (including phenoxy) is 1. The van der Waals surface area contributed by atoms with Gasteiger partial charge in [-0.1, -0.05) is 37.3 Å². The molecule has 0 radical (unpaired) electrons. The van der Waals surface area contributed by atoms with E-state index in [4.69, 9.17) is 4.74 Å². The van der Waals surface area contributed by atoms with Gasteiger partial charge in [0.1, 0.15) is 0 Å². The third-order valence-corrected chi connectivity index (χ3v) is 3.72. The summed E-state index contributed by atoms with van der Waals surface area (Å²) in [5.74, 6) is -0.210. The molecule has 0 aliphatic carbocycles. The van der Waals surface area contributed by atoms with E-state index in [-0.39, 0.29) is 18.4 Å². The van der Waals surface area contributed by atoms with Crippen molar-refractivity contribution in [3.63, 3.8) is 0 Å². The summed E-state index contributed by atoms with van der Waals surface area (Å²) in [6.45, 7) is 2.89. The number of carbonyl (C=O) groups excluding carboxylic acids is 1. The smallest absolute Gasteiger partial charge is 0.228 e. The van der Waals surface area contributed by atoms with E-state index in [1.807, 2.05) is 37.3 Å². The molecule has 4 heteroatoms. The van der Waals surface area contributed by atoms with Gasteiger partial charge in [0, 0.05) is 6.61 Å². The number of hydrogen-bond donors (Lipinski definition) is 2. The van der Waals surface area contributed by atoms with Crippen molar-refractivity contribution in [1.29, 1.82) is 0 Å². The maximum atomic E-state index is 12.4. The molecule has 1 saturated heterocycles. The molecule has 1 heterocycles. The minimum absolute atomic E-state index is 0.0340. The predicted molar refractivity (Wildman–Crippen MR) is 72.9 cm³/mol. The van der Waals surface area contributed by atoms with E-state index in [1.165, 1.54) is 0 Å². The second-order valence-electron chi connectivity index (χ2n) is 5.10. The summed E-state index contributed by atoms with van der Waals surface area (Å²) in [5, 5.41) is 12.5. The van der Waals surface area contributed by atoms with Crippen molar-refractivity contribution in [3.8, 4) is 0 Å². The molecule has 0 saturated carbocycles. The lowest BCUT2D eigenvalue weighted by Crippen LogP contribution is -2.53. The molecule has 4 nitrogen and oxygen atoms in total. The van der Waals surface area contributed by atoms with Crippen molar-refractivity contribution >= 4 is 5.91 Å². The summed E-state index contributed by atoms with van der Waals surface area (Å²) >= 11 is 0. The maximum Gasteiger partial charge on any atom is 0.228 e. The molecule has 2 N–H and O–H groups in total. The van der Waals surface area contributed by atoms with E-state index in [9.17, 15) is 9.90 Å². The number of rotatable bonds is 5. The normalized spacial score (nSPS) is 24.1. The van der Waals surface area contributed by atoms with E-state index in [2.05, 4.69) is 5.32 Å². The van der Waals surface area contributed by atoms with Crippen LogP contribution in [0.4, 0.5) is 0 Å². The summed E-state index contributed by atoms with van der Waals surface area (Å²) in [6, 6.07) is 9.74. The number of amides is 1. The van der Waals surface area contributed by atoms with E-state index in [1.54, 1.807) is 0 Å². The molecule has 19 heavy (non-hydrogen) atoms. The quantitative estimate of drug-likeness (QED) is 0.845. The van der Waals surface area contributed by atoms with Gasteiger partial charge in [0.2, 0.25) is 5.91 Å². The van der Waals surface area contributed by atoms with Crippen LogP contribution in [0.15, 0.2) is 30.3 Å². The van der Waals surface area contributed by atoms with Gasteiger partial charge in [0.25, 0.3) is 0 Å². The third-order valence-electron chi connectivity index (χ3n) is 3.72. The Bertz CT molecular complexity index is 413. The Kier molecular flexibility index (Phi) is 4.56. The lowest BCUT2D eigenvalue weighted by Gasteiger charge is -2.28. The number of nitrogens with one attached hydrogen (secondary N) is 1. The lowest BCUT2D eigenvalue weighted by molar-refractivity contribution is -0.125. The summed E-state index contributed by atoms with van der Waals surface area (Å²) in [6.07, 6.45) is 1.40. The van der Waals surface area contributed by atoms with Gasteiger partial charge in [0.15, 0.2) is 0 Å². The van der Waals surface area contributed by atoms with Gasteiger partial charge < -0.3 is 15.2 Å². The van der Waals surface area contributed by atoms with Crippen LogP contribution in [0.3, 0.4) is 0 Å². The molecular weight excluding hydrogens is 242 g/mol. The van der Waals surface area contributed by atoms with Crippen LogP contribution in [0.25, 0.3) is 0 Å². The fourth-order valence-corrected chi connectivity index (χ4v) is 2.48. The fourth-order valence-electron chi connectivity index (χ4n) is 2.48. The first-order valence-electron chi connectivity index (χ1n) is 6.76. The summed E-state index contributed by atoms with van der Waals surface area (Å²) in [7, 11) is 0. The van der Waals surface area contributed by atoms with Crippen LogP contribution in [0.2, 0.25) is 0 Å². The molecule has 1 amide bonds. The molecule has 1 fully saturated rings. The Morgan fingerprint density at radius 3 is 2.74 bits per heavy atom. The SMILES string of the molecule is CC[C@H](C(=O)N[C@]1(CO)CCOC1)c1ccccc1. The Balaban J connectivity index is 2.09. The van der Waals surface area contributed by atoms with Crippen molar-refractivity contribution in [2.45, 2.75) is 31.2 Å². The fraction of sp³-hybridized carbons (Fsp3) is 0.533. The van der Waals surface area contributed by atoms with Crippen LogP contribution >= 0.6 is 0 Å². The van der Waals surface area contributed by atoms with Crippen molar-refractivity contribution in [3.05, 3.63) is 35.9 Å². The second kappa shape index (κ2) is 6.17. The van der Waals surface area contributed by atoms with Gasteiger partial charge in [-0.2, -0.15) is 0 Å². The van der Waals surface area contributed by atoms with E-state index in [0.29, 0.717) is 19.6 Å². The molecule has 0 aromatic heterocycles. The zero-order valence-corrected chi connectivity index (χ0v) is 11.3. The largest absolute Gasteiger partial charge is 0.394 e. The van der Waals surface area contributed by atoms with Crippen LogP contribution in [0.1, 0.15) is 31.2 Å². The van der Waals surface area contributed by atoms with Crippen molar-refractivity contribution < 1.29 is 14.6 Å². The molecule has 104 valence electrons. The number of hydrogen-bond acceptors (Lipinski definition) is 3. The zero-order chi connectivity index (χ0) is 13.7. The van der Waals surface area contributed by atoms with E-state index in [0.717, 1.165) is 12.0 Å². The molecule has 2 atom stereocenters. The van der Waals surface area contributed by atoms with Gasteiger partial charge >= 0.3 is 0 Å². The molecule has 1 aliphatic heterocycles. The predicted octanol–water partition coefficient (Wildman–Crippen LogP) is 1.45. The van der Waals surface area contributed by atoms with Gasteiger partial charge in [-0.05, 0) is 18.4 Å². The molecule has 1 aromatic rings. The van der Waals surface area contributed by atoms with Gasteiger partial charge in [-0.25, -0.2) is 0 Å². The highest BCUT2D eigenvalue weighted by Gasteiger charge is 2.37. The number of carbonyl (C=O) groups is 1. The molecule has 1 aromatic carbocycles. The second-order valence-corrected chi connectivity index (χ2v) is 5.10. The maximum absolute atomic E-state index is 12.4. The van der Waals surface area contributed by atoms with Crippen LogP contribution in [-0.2, 0) is 9.53 Å². The minimum Gasteiger partial charge on any atom is -0.394 e. The first kappa shape index (κ1) is 14.0. The molecule has 1 aliphatic rings. The number of aliphatic hydroxyl groups is 1. The molecule has 0 unspecified atom stereocenters. The van der Waals surface area contributed by atoms with Crippen molar-refractivity contribution in [2.24, 2.45) is 0 Å². The Morgan fingerprint density at radius 2 is 2.21 bits per heavy atom. The molecular formula is C15H21NO3. The van der Waals surface area contributed by atoms with Crippen molar-refractivity contribution in [1.82, 2.24) is 5.32 Å². The first-order chi connectivity index (χ1) is 9.21. The molecule has 0 spiro atoms. The highest BCUT2D eigenvalue weighted by molar-refractivity contribution is 5.84. The Morgan fingerprint density at radius 1 is 1.47 bits per heavy atom. The lowest BCUT2D eigenvalue weighted by atomic mass is 9.93. The molecule has 2 rings (SSSR count). The zero-order valence-electron chi connectivity index (χ0n) is 11.3. The average Bonchev–Trinajstić information content (AvgIpc) is 2.90. The highest BCUT2D eigenvalue weighted by atomic mass is 16.5. The average molecular weight is 263 g/mol. The molecule has 0 bridgehead atoms. The van der Waals surface area contributed by atoms with Crippen LogP contribution in [-0.4, -0.2) is 36.4 Å². The topological polar surface area (TPSA) is 58.6 Å². The van der Waals surface area contributed by atoms with Crippen LogP contribution in [0.5, 0.6) is 0 Å². The van der Waals surface area contributed by atoms with Gasteiger partial charge in [-0.3, -0.25) is 4.79 Å². The monoisotopic (exact) mass is 263 g/mol. The van der Waals surface area contributed by atoms with Crippen LogP contribution < -0.4 is 5.32 Å². The van der Waals surface area contributed by atoms with Gasteiger partial charge in [0.05, 0.1) is 24.7 Å². The Hall–Kier alpha value is -1.39.